The zero-order valence-electron chi connectivity index (χ0n) is 11.7. The van der Waals surface area contributed by atoms with Gasteiger partial charge in [-0.25, -0.2) is 15.0 Å². The number of nitrogens with one attached hydrogen (secondary N) is 1. The molecule has 0 aliphatic carbocycles. The molecule has 7 nitrogen and oxygen atoms in total. The van der Waals surface area contributed by atoms with Crippen molar-refractivity contribution >= 4 is 28.4 Å². The van der Waals surface area contributed by atoms with Crippen LogP contribution in [0.5, 0.6) is 0 Å². The summed E-state index contributed by atoms with van der Waals surface area (Å²) in [5.41, 5.74) is 8.75. The lowest BCUT2D eigenvalue weighted by molar-refractivity contribution is 0.837. The summed E-state index contributed by atoms with van der Waals surface area (Å²) in [5.74, 6) is 0.335. The second-order valence-electron chi connectivity index (χ2n) is 4.79. The molecule has 3 aromatic rings. The van der Waals surface area contributed by atoms with Gasteiger partial charge in [0.15, 0.2) is 5.52 Å². The zero-order valence-corrected chi connectivity index (χ0v) is 11.7. The van der Waals surface area contributed by atoms with Crippen LogP contribution in [0.4, 0.5) is 17.3 Å². The molecule has 0 atom stereocenters. The zero-order chi connectivity index (χ0) is 15.0. The molecule has 0 aliphatic heterocycles. The van der Waals surface area contributed by atoms with Gasteiger partial charge in [-0.3, -0.25) is 4.79 Å². The summed E-state index contributed by atoms with van der Waals surface area (Å²) < 4.78 is 1.38. The van der Waals surface area contributed by atoms with Crippen LogP contribution in [0.3, 0.4) is 0 Å². The normalized spacial score (nSPS) is 10.8. The van der Waals surface area contributed by atoms with Crippen molar-refractivity contribution in [1.29, 1.82) is 0 Å². The lowest BCUT2D eigenvalue weighted by atomic mass is 10.2. The highest BCUT2D eigenvalue weighted by Crippen LogP contribution is 2.21. The van der Waals surface area contributed by atoms with E-state index in [0.717, 1.165) is 11.3 Å². The number of anilines is 3. The van der Waals surface area contributed by atoms with Crippen LogP contribution in [0, 0.1) is 6.92 Å². The molecular weight excluding hydrogens is 268 g/mol. The average molecular weight is 282 g/mol. The van der Waals surface area contributed by atoms with E-state index in [4.69, 9.17) is 5.73 Å². The fourth-order valence-electron chi connectivity index (χ4n) is 1.95. The van der Waals surface area contributed by atoms with Crippen LogP contribution in [-0.2, 0) is 7.05 Å². The van der Waals surface area contributed by atoms with Crippen molar-refractivity contribution in [2.45, 2.75) is 6.92 Å². The summed E-state index contributed by atoms with van der Waals surface area (Å²) in [4.78, 5) is 24.6. The minimum Gasteiger partial charge on any atom is -0.399 e. The molecule has 3 N–H and O–H groups in total. The molecule has 0 fully saturated rings. The van der Waals surface area contributed by atoms with Gasteiger partial charge < -0.3 is 15.6 Å². The van der Waals surface area contributed by atoms with Crippen molar-refractivity contribution in [1.82, 2.24) is 19.5 Å². The van der Waals surface area contributed by atoms with Gasteiger partial charge in [0.1, 0.15) is 5.52 Å². The van der Waals surface area contributed by atoms with Gasteiger partial charge in [-0.1, -0.05) is 6.07 Å². The molecule has 0 amide bonds. The van der Waals surface area contributed by atoms with E-state index in [2.05, 4.69) is 20.3 Å². The number of benzene rings is 1. The van der Waals surface area contributed by atoms with Crippen molar-refractivity contribution in [3.05, 3.63) is 46.6 Å². The molecule has 0 bridgehead atoms. The number of fused-ring (bicyclic) bond motifs is 1. The Hall–Kier alpha value is -2.96. The number of hydrogen-bond acceptors (Lipinski definition) is 6. The first-order valence-corrected chi connectivity index (χ1v) is 6.36. The standard InChI is InChI=1S/C14H14N6O/c1-8-3-4-9(15)5-10(8)18-14-16-6-11-12(19-14)13(21)20(2)7-17-11/h3-7H,15H2,1-2H3,(H,16,18,19). The summed E-state index contributed by atoms with van der Waals surface area (Å²) >= 11 is 0. The van der Waals surface area contributed by atoms with Crippen molar-refractivity contribution in [3.8, 4) is 0 Å². The third kappa shape index (κ3) is 2.40. The van der Waals surface area contributed by atoms with Crippen LogP contribution in [0.2, 0.25) is 0 Å². The van der Waals surface area contributed by atoms with Gasteiger partial charge in [-0.15, -0.1) is 0 Å². The Morgan fingerprint density at radius 3 is 2.90 bits per heavy atom. The molecule has 2 heterocycles. The van der Waals surface area contributed by atoms with E-state index in [-0.39, 0.29) is 11.1 Å². The number of aryl methyl sites for hydroxylation is 2. The first kappa shape index (κ1) is 13.0. The van der Waals surface area contributed by atoms with E-state index in [1.165, 1.54) is 17.1 Å². The van der Waals surface area contributed by atoms with E-state index < -0.39 is 0 Å². The number of nitrogens with zero attached hydrogens (tertiary/aromatic N) is 4. The Labute approximate surface area is 120 Å². The predicted octanol–water partition coefficient (Wildman–Crippen LogP) is 1.36. The minimum atomic E-state index is -0.213. The number of hydrogen-bond donors (Lipinski definition) is 2. The molecule has 0 radical (unpaired) electrons. The number of rotatable bonds is 2. The predicted molar refractivity (Wildman–Crippen MR) is 81.4 cm³/mol. The van der Waals surface area contributed by atoms with Gasteiger partial charge in [-0.2, -0.15) is 0 Å². The molecule has 0 saturated heterocycles. The van der Waals surface area contributed by atoms with Crippen molar-refractivity contribution < 1.29 is 0 Å². The molecule has 2 aromatic heterocycles. The maximum atomic E-state index is 12.0. The highest BCUT2D eigenvalue weighted by atomic mass is 16.1. The number of aromatic nitrogens is 4. The smallest absolute Gasteiger partial charge is 0.279 e. The summed E-state index contributed by atoms with van der Waals surface area (Å²) in [6.07, 6.45) is 2.97. The quantitative estimate of drug-likeness (QED) is 0.688. The molecule has 1 aromatic carbocycles. The Bertz CT molecular complexity index is 886. The highest BCUT2D eigenvalue weighted by molar-refractivity contribution is 5.74. The molecule has 0 spiro atoms. The third-order valence-electron chi connectivity index (χ3n) is 3.17. The van der Waals surface area contributed by atoms with Crippen LogP contribution in [0.15, 0.2) is 35.5 Å². The van der Waals surface area contributed by atoms with E-state index in [1.807, 2.05) is 19.1 Å². The molecule has 3 rings (SSSR count). The fourth-order valence-corrected chi connectivity index (χ4v) is 1.95. The van der Waals surface area contributed by atoms with E-state index in [9.17, 15) is 4.79 Å². The van der Waals surface area contributed by atoms with Gasteiger partial charge in [0.05, 0.1) is 12.5 Å². The van der Waals surface area contributed by atoms with Crippen LogP contribution in [0.1, 0.15) is 5.56 Å². The van der Waals surface area contributed by atoms with Gasteiger partial charge >= 0.3 is 0 Å². The van der Waals surface area contributed by atoms with Gasteiger partial charge in [0.2, 0.25) is 5.95 Å². The largest absolute Gasteiger partial charge is 0.399 e. The number of nitrogens with two attached hydrogens (primary N) is 1. The summed E-state index contributed by atoms with van der Waals surface area (Å²) in [5, 5.41) is 3.07. The Balaban J connectivity index is 2.07. The molecule has 0 unspecified atom stereocenters. The first-order valence-electron chi connectivity index (χ1n) is 6.36. The van der Waals surface area contributed by atoms with Crippen LogP contribution >= 0.6 is 0 Å². The Morgan fingerprint density at radius 2 is 2.10 bits per heavy atom. The second kappa shape index (κ2) is 4.86. The fraction of sp³-hybridized carbons (Fsp3) is 0.143. The monoisotopic (exact) mass is 282 g/mol. The minimum absolute atomic E-state index is 0.213. The maximum absolute atomic E-state index is 12.0. The summed E-state index contributed by atoms with van der Waals surface area (Å²) in [7, 11) is 1.63. The number of nitrogen functional groups attached to an aromatic ring is 1. The molecule has 0 saturated carbocycles. The van der Waals surface area contributed by atoms with Crippen molar-refractivity contribution in [3.63, 3.8) is 0 Å². The van der Waals surface area contributed by atoms with Crippen molar-refractivity contribution in [2.75, 3.05) is 11.1 Å². The second-order valence-corrected chi connectivity index (χ2v) is 4.79. The molecule has 21 heavy (non-hydrogen) atoms. The molecular formula is C14H14N6O. The maximum Gasteiger partial charge on any atom is 0.279 e. The van der Waals surface area contributed by atoms with E-state index in [0.29, 0.717) is 17.2 Å². The van der Waals surface area contributed by atoms with E-state index >= 15 is 0 Å². The first-order chi connectivity index (χ1) is 10.0. The van der Waals surface area contributed by atoms with E-state index in [1.54, 1.807) is 13.1 Å². The van der Waals surface area contributed by atoms with Crippen LogP contribution in [0.25, 0.3) is 11.0 Å². The Kier molecular flexibility index (Phi) is 3.02. The van der Waals surface area contributed by atoms with Crippen LogP contribution in [-0.4, -0.2) is 19.5 Å². The SMILES string of the molecule is Cc1ccc(N)cc1Nc1ncc2ncn(C)c(=O)c2n1. The molecule has 106 valence electrons. The average Bonchev–Trinajstić information content (AvgIpc) is 2.47. The lowest BCUT2D eigenvalue weighted by Crippen LogP contribution is -2.18. The van der Waals surface area contributed by atoms with Gasteiger partial charge in [-0.05, 0) is 24.6 Å². The third-order valence-corrected chi connectivity index (χ3v) is 3.17. The molecule has 7 heteroatoms. The van der Waals surface area contributed by atoms with Gasteiger partial charge in [0, 0.05) is 18.4 Å². The summed E-state index contributed by atoms with van der Waals surface area (Å²) in [6, 6.07) is 5.52. The van der Waals surface area contributed by atoms with Crippen molar-refractivity contribution in [2.24, 2.45) is 7.05 Å². The topological polar surface area (TPSA) is 98.7 Å². The van der Waals surface area contributed by atoms with Crippen LogP contribution < -0.4 is 16.6 Å². The lowest BCUT2D eigenvalue weighted by Gasteiger charge is -2.09. The Morgan fingerprint density at radius 1 is 1.29 bits per heavy atom. The summed E-state index contributed by atoms with van der Waals surface area (Å²) in [6.45, 7) is 1.95. The van der Waals surface area contributed by atoms with Gasteiger partial charge in [0.25, 0.3) is 5.56 Å². The highest BCUT2D eigenvalue weighted by Gasteiger charge is 2.07. The molecule has 0 aliphatic rings.